The molecule has 0 radical (unpaired) electrons. The summed E-state index contributed by atoms with van der Waals surface area (Å²) in [5.41, 5.74) is 5.72. The molecule has 4 aromatic rings. The van der Waals surface area contributed by atoms with E-state index < -0.39 is 5.97 Å². The van der Waals surface area contributed by atoms with E-state index in [-0.39, 0.29) is 5.91 Å². The molecule has 1 heterocycles. The second kappa shape index (κ2) is 9.08. The van der Waals surface area contributed by atoms with Crippen molar-refractivity contribution in [1.82, 2.24) is 10.2 Å². The molecule has 0 bridgehead atoms. The Morgan fingerprint density at radius 2 is 1.58 bits per heavy atom. The van der Waals surface area contributed by atoms with Gasteiger partial charge >= 0.3 is 5.97 Å². The number of nitrogens with zero attached hydrogens (tertiary/aromatic N) is 2. The number of benzene rings is 3. The Labute approximate surface area is 191 Å². The molecule has 7 nitrogen and oxygen atoms in total. The van der Waals surface area contributed by atoms with Gasteiger partial charge in [-0.2, -0.15) is 0 Å². The number of rotatable bonds is 5. The molecule has 0 aliphatic carbocycles. The predicted molar refractivity (Wildman–Crippen MR) is 125 cm³/mol. The molecule has 3 aromatic carbocycles. The van der Waals surface area contributed by atoms with Gasteiger partial charge in [0.05, 0.1) is 12.7 Å². The minimum Gasteiger partial charge on any atom is -0.465 e. The Kier molecular flexibility index (Phi) is 6.04. The van der Waals surface area contributed by atoms with Crippen LogP contribution in [0.1, 0.15) is 37.4 Å². The zero-order chi connectivity index (χ0) is 23.5. The van der Waals surface area contributed by atoms with E-state index in [1.807, 2.05) is 51.1 Å². The Balaban J connectivity index is 1.52. The van der Waals surface area contributed by atoms with Crippen LogP contribution in [0.3, 0.4) is 0 Å². The largest absolute Gasteiger partial charge is 0.465 e. The summed E-state index contributed by atoms with van der Waals surface area (Å²) in [6.45, 7) is 5.70. The highest BCUT2D eigenvalue weighted by Crippen LogP contribution is 2.26. The number of anilines is 1. The minimum absolute atomic E-state index is 0.299. The maximum atomic E-state index is 12.8. The van der Waals surface area contributed by atoms with E-state index in [1.165, 1.54) is 7.11 Å². The van der Waals surface area contributed by atoms with Gasteiger partial charge in [-0.15, -0.1) is 10.2 Å². The highest BCUT2D eigenvalue weighted by molar-refractivity contribution is 6.05. The van der Waals surface area contributed by atoms with Gasteiger partial charge in [0.1, 0.15) is 0 Å². The molecule has 166 valence electrons. The third-order valence-electron chi connectivity index (χ3n) is 5.53. The van der Waals surface area contributed by atoms with Crippen LogP contribution in [-0.4, -0.2) is 29.2 Å². The average Bonchev–Trinajstić information content (AvgIpc) is 3.31. The van der Waals surface area contributed by atoms with Crippen molar-refractivity contribution >= 4 is 17.6 Å². The standard InChI is InChI=1S/C26H23N3O4/c1-15-7-5-6-8-21(15)25-29-28-24(33-25)19-11-9-18(10-12-19)23(30)27-20-13-16(2)17(3)22(14-20)26(31)32-4/h5-14H,1-4H3,(H,27,30). The quantitative estimate of drug-likeness (QED) is 0.419. The highest BCUT2D eigenvalue weighted by Gasteiger charge is 2.16. The second-order valence-corrected chi connectivity index (χ2v) is 7.72. The molecule has 0 aliphatic heterocycles. The van der Waals surface area contributed by atoms with Gasteiger partial charge in [0.25, 0.3) is 5.91 Å². The summed E-state index contributed by atoms with van der Waals surface area (Å²) in [5, 5.41) is 11.1. The number of aromatic nitrogens is 2. The van der Waals surface area contributed by atoms with Gasteiger partial charge in [-0.05, 0) is 79.9 Å². The van der Waals surface area contributed by atoms with Gasteiger partial charge in [-0.25, -0.2) is 4.79 Å². The van der Waals surface area contributed by atoms with Gasteiger partial charge < -0.3 is 14.5 Å². The summed E-state index contributed by atoms with van der Waals surface area (Å²) in [5.74, 6) is 0.0746. The van der Waals surface area contributed by atoms with E-state index in [2.05, 4.69) is 15.5 Å². The lowest BCUT2D eigenvalue weighted by molar-refractivity contribution is 0.0599. The molecule has 0 unspecified atom stereocenters. The monoisotopic (exact) mass is 441 g/mol. The Morgan fingerprint density at radius 3 is 2.27 bits per heavy atom. The third kappa shape index (κ3) is 4.52. The molecule has 0 spiro atoms. The number of ether oxygens (including phenoxy) is 1. The van der Waals surface area contributed by atoms with Crippen LogP contribution in [0.4, 0.5) is 5.69 Å². The number of hydrogen-bond acceptors (Lipinski definition) is 6. The van der Waals surface area contributed by atoms with Crippen molar-refractivity contribution in [3.05, 3.63) is 88.5 Å². The van der Waals surface area contributed by atoms with Crippen LogP contribution < -0.4 is 5.32 Å². The van der Waals surface area contributed by atoms with Crippen molar-refractivity contribution in [2.24, 2.45) is 0 Å². The first-order chi connectivity index (χ1) is 15.9. The van der Waals surface area contributed by atoms with E-state index in [9.17, 15) is 9.59 Å². The maximum Gasteiger partial charge on any atom is 0.338 e. The van der Waals surface area contributed by atoms with Crippen molar-refractivity contribution < 1.29 is 18.7 Å². The number of methoxy groups -OCH3 is 1. The van der Waals surface area contributed by atoms with Crippen LogP contribution in [0.25, 0.3) is 22.9 Å². The van der Waals surface area contributed by atoms with Gasteiger partial charge in [-0.1, -0.05) is 18.2 Å². The molecule has 33 heavy (non-hydrogen) atoms. The number of carbonyl (C=O) groups excluding carboxylic acids is 2. The number of carbonyl (C=O) groups is 2. The lowest BCUT2D eigenvalue weighted by Gasteiger charge is -2.12. The smallest absolute Gasteiger partial charge is 0.338 e. The summed E-state index contributed by atoms with van der Waals surface area (Å²) in [7, 11) is 1.33. The molecule has 0 aliphatic rings. The number of amides is 1. The van der Waals surface area contributed by atoms with Crippen molar-refractivity contribution in [2.45, 2.75) is 20.8 Å². The number of nitrogens with one attached hydrogen (secondary N) is 1. The average molecular weight is 441 g/mol. The second-order valence-electron chi connectivity index (χ2n) is 7.72. The van der Waals surface area contributed by atoms with E-state index in [4.69, 9.17) is 9.15 Å². The van der Waals surface area contributed by atoms with Gasteiger partial charge in [0.15, 0.2) is 0 Å². The first-order valence-electron chi connectivity index (χ1n) is 10.4. The lowest BCUT2D eigenvalue weighted by atomic mass is 10.0. The molecule has 1 N–H and O–H groups in total. The summed E-state index contributed by atoms with van der Waals surface area (Å²) >= 11 is 0. The van der Waals surface area contributed by atoms with Crippen LogP contribution in [0.15, 0.2) is 65.1 Å². The zero-order valence-corrected chi connectivity index (χ0v) is 18.8. The van der Waals surface area contributed by atoms with Crippen LogP contribution in [-0.2, 0) is 4.74 Å². The summed E-state index contributed by atoms with van der Waals surface area (Å²) in [6, 6.07) is 18.1. The SMILES string of the molecule is COC(=O)c1cc(NC(=O)c2ccc(-c3nnc(-c4ccccc4C)o3)cc2)cc(C)c1C. The fraction of sp³-hybridized carbons (Fsp3) is 0.154. The molecule has 7 heteroatoms. The van der Waals surface area contributed by atoms with Crippen LogP contribution in [0.2, 0.25) is 0 Å². The fourth-order valence-electron chi connectivity index (χ4n) is 3.48. The van der Waals surface area contributed by atoms with Crippen LogP contribution in [0.5, 0.6) is 0 Å². The van der Waals surface area contributed by atoms with Gasteiger partial charge in [-0.3, -0.25) is 4.79 Å². The number of hydrogen-bond donors (Lipinski definition) is 1. The molecular weight excluding hydrogens is 418 g/mol. The highest BCUT2D eigenvalue weighted by atomic mass is 16.5. The minimum atomic E-state index is -0.444. The predicted octanol–water partition coefficient (Wildman–Crippen LogP) is 5.37. The summed E-state index contributed by atoms with van der Waals surface area (Å²) in [4.78, 5) is 24.8. The van der Waals surface area contributed by atoms with Gasteiger partial charge in [0, 0.05) is 22.4 Å². The van der Waals surface area contributed by atoms with E-state index in [0.29, 0.717) is 34.2 Å². The van der Waals surface area contributed by atoms with E-state index in [0.717, 1.165) is 22.3 Å². The number of aryl methyl sites for hydroxylation is 2. The van der Waals surface area contributed by atoms with Crippen LogP contribution >= 0.6 is 0 Å². The van der Waals surface area contributed by atoms with E-state index in [1.54, 1.807) is 30.3 Å². The molecule has 4 rings (SSSR count). The molecule has 0 saturated heterocycles. The fourth-order valence-corrected chi connectivity index (χ4v) is 3.48. The molecule has 1 amide bonds. The zero-order valence-electron chi connectivity index (χ0n) is 18.8. The third-order valence-corrected chi connectivity index (χ3v) is 5.53. The Morgan fingerprint density at radius 1 is 0.879 bits per heavy atom. The topological polar surface area (TPSA) is 94.3 Å². The normalized spacial score (nSPS) is 10.7. The summed E-state index contributed by atoms with van der Waals surface area (Å²) in [6.07, 6.45) is 0. The molecular formula is C26H23N3O4. The molecule has 1 aromatic heterocycles. The number of esters is 1. The maximum absolute atomic E-state index is 12.8. The van der Waals surface area contributed by atoms with Crippen molar-refractivity contribution in [3.63, 3.8) is 0 Å². The van der Waals surface area contributed by atoms with Crippen LogP contribution in [0, 0.1) is 20.8 Å². The van der Waals surface area contributed by atoms with Crippen molar-refractivity contribution in [1.29, 1.82) is 0 Å². The van der Waals surface area contributed by atoms with E-state index >= 15 is 0 Å². The Bertz CT molecular complexity index is 1340. The first kappa shape index (κ1) is 22.0. The van der Waals surface area contributed by atoms with Crippen molar-refractivity contribution in [3.8, 4) is 22.9 Å². The van der Waals surface area contributed by atoms with Gasteiger partial charge in [0.2, 0.25) is 11.8 Å². The lowest BCUT2D eigenvalue weighted by Crippen LogP contribution is -2.13. The van der Waals surface area contributed by atoms with Crippen molar-refractivity contribution in [2.75, 3.05) is 12.4 Å². The summed E-state index contributed by atoms with van der Waals surface area (Å²) < 4.78 is 10.7. The molecule has 0 atom stereocenters. The molecule has 0 saturated carbocycles. The molecule has 0 fully saturated rings. The Hall–Kier alpha value is -4.26. The first-order valence-corrected chi connectivity index (χ1v) is 10.4.